The van der Waals surface area contributed by atoms with E-state index in [1.165, 1.54) is 53.7 Å². The normalized spacial score (nSPS) is 14.9. The quantitative estimate of drug-likeness (QED) is 0.673. The van der Waals surface area contributed by atoms with Crippen LogP contribution in [0, 0.1) is 0 Å². The van der Waals surface area contributed by atoms with Crippen molar-refractivity contribution >= 4 is 21.8 Å². The molecular formula is C21H23F2N3O5S. The molecule has 1 saturated heterocycles. The van der Waals surface area contributed by atoms with Gasteiger partial charge in [0.15, 0.2) is 0 Å². The zero-order valence-corrected chi connectivity index (χ0v) is 18.1. The van der Waals surface area contributed by atoms with Crippen LogP contribution >= 0.6 is 0 Å². The molecule has 1 aliphatic rings. The van der Waals surface area contributed by atoms with Gasteiger partial charge >= 0.3 is 6.61 Å². The molecule has 2 aromatic rings. The van der Waals surface area contributed by atoms with Crippen molar-refractivity contribution < 1.29 is 31.5 Å². The molecule has 0 radical (unpaired) electrons. The molecule has 1 heterocycles. The second kappa shape index (κ2) is 10.0. The first-order chi connectivity index (χ1) is 15.2. The maximum atomic E-state index is 13.0. The largest absolute Gasteiger partial charge is 0.435 e. The maximum Gasteiger partial charge on any atom is 0.387 e. The van der Waals surface area contributed by atoms with Crippen molar-refractivity contribution in [2.75, 3.05) is 26.2 Å². The summed E-state index contributed by atoms with van der Waals surface area (Å²) < 4.78 is 56.2. The summed E-state index contributed by atoms with van der Waals surface area (Å²) in [5, 5.41) is 2.64. The Kier molecular flexibility index (Phi) is 7.41. The number of nitrogens with one attached hydrogen (secondary N) is 1. The lowest BCUT2D eigenvalue weighted by molar-refractivity contribution is -0.129. The van der Waals surface area contributed by atoms with Crippen molar-refractivity contribution in [2.24, 2.45) is 0 Å². The van der Waals surface area contributed by atoms with Crippen LogP contribution in [0.25, 0.3) is 0 Å². The van der Waals surface area contributed by atoms with Crippen LogP contribution in [0.15, 0.2) is 53.4 Å². The molecule has 0 bridgehead atoms. The van der Waals surface area contributed by atoms with Gasteiger partial charge in [0, 0.05) is 45.2 Å². The van der Waals surface area contributed by atoms with Crippen LogP contribution in [0.3, 0.4) is 0 Å². The van der Waals surface area contributed by atoms with E-state index in [9.17, 15) is 26.8 Å². The summed E-state index contributed by atoms with van der Waals surface area (Å²) in [4.78, 5) is 25.5. The average Bonchev–Trinajstić information content (AvgIpc) is 2.77. The van der Waals surface area contributed by atoms with Crippen LogP contribution < -0.4 is 10.1 Å². The number of amides is 2. The molecule has 0 aliphatic carbocycles. The molecule has 0 saturated carbocycles. The van der Waals surface area contributed by atoms with Crippen LogP contribution in [0.4, 0.5) is 8.78 Å². The Labute approximate surface area is 184 Å². The van der Waals surface area contributed by atoms with E-state index < -0.39 is 22.5 Å². The number of hydrogen-bond donors (Lipinski definition) is 1. The number of piperazine rings is 1. The van der Waals surface area contributed by atoms with Gasteiger partial charge in [0.2, 0.25) is 15.9 Å². The smallest absolute Gasteiger partial charge is 0.387 e. The van der Waals surface area contributed by atoms with E-state index >= 15 is 0 Å². The minimum absolute atomic E-state index is 0.0197. The van der Waals surface area contributed by atoms with Gasteiger partial charge in [-0.3, -0.25) is 9.59 Å². The number of carbonyl (C=O) groups is 2. The molecule has 32 heavy (non-hydrogen) atoms. The van der Waals surface area contributed by atoms with Gasteiger partial charge in [-0.05, 0) is 35.9 Å². The third-order valence-electron chi connectivity index (χ3n) is 4.99. The van der Waals surface area contributed by atoms with Crippen molar-refractivity contribution in [1.82, 2.24) is 14.5 Å². The average molecular weight is 467 g/mol. The van der Waals surface area contributed by atoms with Crippen LogP contribution in [0.2, 0.25) is 0 Å². The van der Waals surface area contributed by atoms with Crippen LogP contribution in [-0.4, -0.2) is 62.2 Å². The molecule has 0 atom stereocenters. The summed E-state index contributed by atoms with van der Waals surface area (Å²) in [6.07, 6.45) is 0. The third kappa shape index (κ3) is 5.80. The topological polar surface area (TPSA) is 96.0 Å². The van der Waals surface area contributed by atoms with Crippen molar-refractivity contribution in [3.63, 3.8) is 0 Å². The monoisotopic (exact) mass is 467 g/mol. The Hall–Kier alpha value is -3.05. The molecule has 2 aromatic carbocycles. The summed E-state index contributed by atoms with van der Waals surface area (Å²) in [5.41, 5.74) is 0.692. The molecule has 1 N–H and O–H groups in total. The first-order valence-electron chi connectivity index (χ1n) is 9.84. The number of hydrogen-bond acceptors (Lipinski definition) is 5. The molecule has 0 unspecified atom stereocenters. The number of sulfonamides is 1. The van der Waals surface area contributed by atoms with Crippen LogP contribution in [0.5, 0.6) is 5.75 Å². The molecule has 1 fully saturated rings. The number of rotatable bonds is 7. The minimum Gasteiger partial charge on any atom is -0.435 e. The third-order valence-corrected chi connectivity index (χ3v) is 6.89. The number of alkyl halides is 2. The molecule has 0 aromatic heterocycles. The number of ether oxygens (including phenoxy) is 1. The van der Waals surface area contributed by atoms with E-state index in [2.05, 4.69) is 10.1 Å². The molecule has 2 amide bonds. The highest BCUT2D eigenvalue weighted by Gasteiger charge is 2.29. The van der Waals surface area contributed by atoms with Gasteiger partial charge in [0.05, 0.1) is 4.90 Å². The highest BCUT2D eigenvalue weighted by atomic mass is 32.2. The van der Waals surface area contributed by atoms with Gasteiger partial charge in [0.1, 0.15) is 5.75 Å². The van der Waals surface area contributed by atoms with Crippen LogP contribution in [-0.2, 0) is 21.4 Å². The predicted molar refractivity (Wildman–Crippen MR) is 112 cm³/mol. The summed E-state index contributed by atoms with van der Waals surface area (Å²) in [6, 6.07) is 11.6. The lowest BCUT2D eigenvalue weighted by atomic mass is 10.2. The number of halogens is 2. The lowest BCUT2D eigenvalue weighted by Gasteiger charge is -2.33. The van der Waals surface area contributed by atoms with Gasteiger partial charge in [-0.2, -0.15) is 13.1 Å². The summed E-state index contributed by atoms with van der Waals surface area (Å²) in [5.74, 6) is -0.639. The Bertz CT molecular complexity index is 1090. The van der Waals surface area contributed by atoms with E-state index in [1.807, 2.05) is 0 Å². The van der Waals surface area contributed by atoms with Gasteiger partial charge < -0.3 is 15.0 Å². The van der Waals surface area contributed by atoms with E-state index in [1.54, 1.807) is 11.0 Å². The van der Waals surface area contributed by atoms with E-state index in [0.29, 0.717) is 18.7 Å². The number of nitrogens with zero attached hydrogens (tertiary/aromatic N) is 2. The van der Waals surface area contributed by atoms with E-state index in [4.69, 9.17) is 0 Å². The van der Waals surface area contributed by atoms with Crippen molar-refractivity contribution in [2.45, 2.75) is 25.0 Å². The van der Waals surface area contributed by atoms with Crippen molar-refractivity contribution in [3.8, 4) is 5.75 Å². The maximum absolute atomic E-state index is 13.0. The molecule has 11 heteroatoms. The fourth-order valence-electron chi connectivity index (χ4n) is 3.31. The highest BCUT2D eigenvalue weighted by molar-refractivity contribution is 7.89. The standard InChI is InChI=1S/C21H23F2N3O5S/c1-15(27)25-8-10-26(11-9-25)32(29,30)19-7-3-5-17(13-19)20(28)24-14-16-4-2-6-18(12-16)31-21(22)23/h2-7,12-13,21H,8-11,14H2,1H3,(H,24,28). The molecule has 172 valence electrons. The molecular weight excluding hydrogens is 444 g/mol. The zero-order valence-electron chi connectivity index (χ0n) is 17.3. The SMILES string of the molecule is CC(=O)N1CCN(S(=O)(=O)c2cccc(C(=O)NCc3cccc(OC(F)F)c3)c2)CC1. The van der Waals surface area contributed by atoms with Crippen molar-refractivity contribution in [3.05, 3.63) is 59.7 Å². The second-order valence-electron chi connectivity index (χ2n) is 7.15. The second-order valence-corrected chi connectivity index (χ2v) is 9.08. The Morgan fingerprint density at radius 3 is 2.41 bits per heavy atom. The predicted octanol–water partition coefficient (Wildman–Crippen LogP) is 2.07. The van der Waals surface area contributed by atoms with Gasteiger partial charge in [-0.15, -0.1) is 0 Å². The Balaban J connectivity index is 1.66. The van der Waals surface area contributed by atoms with Crippen molar-refractivity contribution in [1.29, 1.82) is 0 Å². The summed E-state index contributed by atoms with van der Waals surface area (Å²) in [7, 11) is -3.82. The Morgan fingerprint density at radius 2 is 1.75 bits per heavy atom. The molecule has 0 spiro atoms. The molecule has 1 aliphatic heterocycles. The van der Waals surface area contributed by atoms with Gasteiger partial charge in [-0.25, -0.2) is 8.42 Å². The first kappa shape index (κ1) is 23.6. The fraction of sp³-hybridized carbons (Fsp3) is 0.333. The van der Waals surface area contributed by atoms with E-state index in [-0.39, 0.29) is 41.7 Å². The molecule has 3 rings (SSSR count). The van der Waals surface area contributed by atoms with Gasteiger partial charge in [0.25, 0.3) is 5.91 Å². The van der Waals surface area contributed by atoms with Gasteiger partial charge in [-0.1, -0.05) is 18.2 Å². The lowest BCUT2D eigenvalue weighted by Crippen LogP contribution is -2.49. The zero-order chi connectivity index (χ0) is 23.3. The molecule has 8 nitrogen and oxygen atoms in total. The summed E-state index contributed by atoms with van der Waals surface area (Å²) >= 11 is 0. The van der Waals surface area contributed by atoms with Crippen LogP contribution in [0.1, 0.15) is 22.8 Å². The first-order valence-corrected chi connectivity index (χ1v) is 11.3. The van der Waals surface area contributed by atoms with E-state index in [0.717, 1.165) is 0 Å². The number of carbonyl (C=O) groups excluding carboxylic acids is 2. The summed E-state index contributed by atoms with van der Waals surface area (Å²) in [6.45, 7) is -0.496. The number of benzene rings is 2. The Morgan fingerprint density at radius 1 is 1.06 bits per heavy atom. The fourth-order valence-corrected chi connectivity index (χ4v) is 4.77. The highest BCUT2D eigenvalue weighted by Crippen LogP contribution is 2.20. The minimum atomic E-state index is -3.82.